The molecule has 1 amide bonds. The number of aromatic nitrogens is 3. The van der Waals surface area contributed by atoms with Gasteiger partial charge in [0.05, 0.1) is 17.7 Å². The van der Waals surface area contributed by atoms with Crippen LogP contribution in [0.2, 0.25) is 0 Å². The van der Waals surface area contributed by atoms with Crippen LogP contribution in [-0.2, 0) is 0 Å². The molecule has 7 heteroatoms. The highest BCUT2D eigenvalue weighted by Gasteiger charge is 2.42. The lowest BCUT2D eigenvalue weighted by Gasteiger charge is -2.35. The first-order chi connectivity index (χ1) is 14.0. The van der Waals surface area contributed by atoms with Crippen molar-refractivity contribution in [2.24, 2.45) is 17.8 Å². The van der Waals surface area contributed by atoms with E-state index in [1.165, 1.54) is 12.4 Å². The largest absolute Gasteiger partial charge is 0.391 e. The summed E-state index contributed by atoms with van der Waals surface area (Å²) in [5.74, 6) is 2.00. The van der Waals surface area contributed by atoms with Gasteiger partial charge in [-0.25, -0.2) is 9.97 Å². The minimum absolute atomic E-state index is 0.222. The van der Waals surface area contributed by atoms with E-state index in [1.807, 2.05) is 12.1 Å². The van der Waals surface area contributed by atoms with Gasteiger partial charge in [0.25, 0.3) is 5.91 Å². The van der Waals surface area contributed by atoms with Gasteiger partial charge in [0.2, 0.25) is 0 Å². The van der Waals surface area contributed by atoms with Crippen LogP contribution in [0.25, 0.3) is 11.4 Å². The van der Waals surface area contributed by atoms with Crippen molar-refractivity contribution >= 4 is 5.91 Å². The Morgan fingerprint density at radius 2 is 1.93 bits per heavy atom. The van der Waals surface area contributed by atoms with Crippen LogP contribution in [0.15, 0.2) is 36.9 Å². The molecule has 0 spiro atoms. The van der Waals surface area contributed by atoms with Gasteiger partial charge in [-0.1, -0.05) is 13.8 Å². The molecule has 2 N–H and O–H groups in total. The second-order valence-corrected chi connectivity index (χ2v) is 8.79. The molecule has 1 saturated heterocycles. The van der Waals surface area contributed by atoms with E-state index in [2.05, 4.69) is 39.0 Å². The van der Waals surface area contributed by atoms with Crippen LogP contribution in [0.5, 0.6) is 0 Å². The Bertz CT molecular complexity index is 827. The highest BCUT2D eigenvalue weighted by atomic mass is 16.3. The second-order valence-electron chi connectivity index (χ2n) is 8.79. The van der Waals surface area contributed by atoms with E-state index in [4.69, 9.17) is 0 Å². The number of nitrogens with zero attached hydrogens (tertiary/aromatic N) is 4. The molecule has 2 aromatic rings. The molecule has 3 heterocycles. The fourth-order valence-electron chi connectivity index (χ4n) is 4.69. The van der Waals surface area contributed by atoms with Crippen LogP contribution < -0.4 is 5.32 Å². The number of pyridine rings is 1. The molecule has 154 valence electrons. The third kappa shape index (κ3) is 4.62. The number of fused-ring (bicyclic) bond motifs is 1. The highest BCUT2D eigenvalue weighted by Crippen LogP contribution is 2.36. The van der Waals surface area contributed by atoms with Crippen molar-refractivity contribution in [1.29, 1.82) is 0 Å². The van der Waals surface area contributed by atoms with Crippen molar-refractivity contribution in [2.45, 2.75) is 38.8 Å². The maximum Gasteiger partial charge on any atom is 0.254 e. The molecule has 2 aliphatic rings. The monoisotopic (exact) mass is 395 g/mol. The van der Waals surface area contributed by atoms with Gasteiger partial charge in [-0.3, -0.25) is 9.78 Å². The van der Waals surface area contributed by atoms with Gasteiger partial charge in [0, 0.05) is 50.0 Å². The third-order valence-electron chi connectivity index (χ3n) is 5.99. The zero-order valence-corrected chi connectivity index (χ0v) is 17.0. The number of aliphatic hydroxyl groups excluding tert-OH is 1. The summed E-state index contributed by atoms with van der Waals surface area (Å²) in [5, 5.41) is 13.6. The molecular formula is C22H29N5O2. The summed E-state index contributed by atoms with van der Waals surface area (Å²) in [7, 11) is 0. The molecule has 1 aliphatic heterocycles. The van der Waals surface area contributed by atoms with Gasteiger partial charge >= 0.3 is 0 Å². The van der Waals surface area contributed by atoms with Crippen LogP contribution in [-0.4, -0.2) is 62.6 Å². The molecule has 1 saturated carbocycles. The molecule has 2 aromatic heterocycles. The van der Waals surface area contributed by atoms with E-state index >= 15 is 0 Å². The first-order valence-electron chi connectivity index (χ1n) is 10.4. The Kier molecular flexibility index (Phi) is 5.87. The van der Waals surface area contributed by atoms with Gasteiger partial charge in [-0.15, -0.1) is 0 Å². The number of carbonyl (C=O) groups is 1. The van der Waals surface area contributed by atoms with Gasteiger partial charge in [0.1, 0.15) is 0 Å². The Labute approximate surface area is 171 Å². The molecule has 4 rings (SSSR count). The van der Waals surface area contributed by atoms with E-state index in [9.17, 15) is 9.90 Å². The lowest BCUT2D eigenvalue weighted by atomic mass is 9.77. The summed E-state index contributed by atoms with van der Waals surface area (Å²) in [6, 6.07) is 3.48. The van der Waals surface area contributed by atoms with E-state index < -0.39 is 6.10 Å². The van der Waals surface area contributed by atoms with Gasteiger partial charge in [-0.2, -0.15) is 0 Å². The fourth-order valence-corrected chi connectivity index (χ4v) is 4.69. The first kappa shape index (κ1) is 19.9. The highest BCUT2D eigenvalue weighted by molar-refractivity contribution is 5.94. The van der Waals surface area contributed by atoms with E-state index in [0.29, 0.717) is 29.1 Å². The topological polar surface area (TPSA) is 91.2 Å². The van der Waals surface area contributed by atoms with Crippen LogP contribution in [0.3, 0.4) is 0 Å². The SMILES string of the molecule is CC(C)CN1C[C@H]2C[C@H](O)[C@@H](NC(=O)c3cnc(-c4cccnc4)nc3)C[C@H]2C1. The number of aliphatic hydroxyl groups is 1. The van der Waals surface area contributed by atoms with Crippen LogP contribution in [0.4, 0.5) is 0 Å². The standard InChI is InChI=1S/C22H29N5O2/c1-14(2)11-27-12-16-6-19(20(28)7-17(16)13-27)26-22(29)18-9-24-21(25-10-18)15-4-3-5-23-8-15/h3-5,8-10,14,16-17,19-20,28H,6-7,11-13H2,1-2H3,(H,26,29)/t16-,17+,19-,20-/m0/s1. The Balaban J connectivity index is 1.37. The molecule has 0 unspecified atom stereocenters. The first-order valence-corrected chi connectivity index (χ1v) is 10.4. The smallest absolute Gasteiger partial charge is 0.254 e. The minimum atomic E-state index is -0.505. The van der Waals surface area contributed by atoms with Gasteiger partial charge in [0.15, 0.2) is 5.82 Å². The molecule has 0 radical (unpaired) electrons. The third-order valence-corrected chi connectivity index (χ3v) is 5.99. The summed E-state index contributed by atoms with van der Waals surface area (Å²) in [5.41, 5.74) is 1.21. The number of likely N-dealkylation sites (tertiary alicyclic amines) is 1. The lowest BCUT2D eigenvalue weighted by Crippen LogP contribution is -2.49. The zero-order chi connectivity index (χ0) is 20.4. The molecule has 0 aromatic carbocycles. The molecule has 0 bridgehead atoms. The molecule has 7 nitrogen and oxygen atoms in total. The quantitative estimate of drug-likeness (QED) is 0.805. The van der Waals surface area contributed by atoms with Gasteiger partial charge in [-0.05, 0) is 42.7 Å². The number of nitrogens with one attached hydrogen (secondary N) is 1. The van der Waals surface area contributed by atoms with Gasteiger partial charge < -0.3 is 15.3 Å². The van der Waals surface area contributed by atoms with E-state index in [-0.39, 0.29) is 11.9 Å². The Hall–Kier alpha value is -2.38. The zero-order valence-electron chi connectivity index (χ0n) is 17.0. The van der Waals surface area contributed by atoms with Crippen molar-refractivity contribution in [1.82, 2.24) is 25.2 Å². The van der Waals surface area contributed by atoms with E-state index in [1.54, 1.807) is 12.4 Å². The van der Waals surface area contributed by atoms with Crippen LogP contribution in [0.1, 0.15) is 37.0 Å². The lowest BCUT2D eigenvalue weighted by molar-refractivity contribution is 0.0461. The van der Waals surface area contributed by atoms with Crippen molar-refractivity contribution in [3.8, 4) is 11.4 Å². The molecule has 2 fully saturated rings. The average Bonchev–Trinajstić information content (AvgIpc) is 3.09. The summed E-state index contributed by atoms with van der Waals surface area (Å²) >= 11 is 0. The van der Waals surface area contributed by atoms with Crippen molar-refractivity contribution in [3.05, 3.63) is 42.5 Å². The Morgan fingerprint density at radius 1 is 1.21 bits per heavy atom. The summed E-state index contributed by atoms with van der Waals surface area (Å²) < 4.78 is 0. The number of amides is 1. The summed E-state index contributed by atoms with van der Waals surface area (Å²) in [4.78, 5) is 27.8. The maximum absolute atomic E-state index is 12.7. The fraction of sp³-hybridized carbons (Fsp3) is 0.545. The van der Waals surface area contributed by atoms with Crippen molar-refractivity contribution in [2.75, 3.05) is 19.6 Å². The minimum Gasteiger partial charge on any atom is -0.391 e. The maximum atomic E-state index is 12.7. The predicted octanol–water partition coefficient (Wildman–Crippen LogP) is 2.00. The number of hydrogen-bond acceptors (Lipinski definition) is 6. The summed E-state index contributed by atoms with van der Waals surface area (Å²) in [6.07, 6.45) is 7.51. The molecular weight excluding hydrogens is 366 g/mol. The second kappa shape index (κ2) is 8.55. The average molecular weight is 396 g/mol. The van der Waals surface area contributed by atoms with Crippen LogP contribution in [0, 0.1) is 17.8 Å². The summed E-state index contributed by atoms with van der Waals surface area (Å²) in [6.45, 7) is 7.69. The number of hydrogen-bond donors (Lipinski definition) is 2. The van der Waals surface area contributed by atoms with Crippen LogP contribution >= 0.6 is 0 Å². The normalized spacial score (nSPS) is 27.0. The van der Waals surface area contributed by atoms with E-state index in [0.717, 1.165) is 38.0 Å². The van der Waals surface area contributed by atoms with Crippen molar-refractivity contribution < 1.29 is 9.90 Å². The Morgan fingerprint density at radius 3 is 2.59 bits per heavy atom. The molecule has 29 heavy (non-hydrogen) atoms. The number of carbonyl (C=O) groups excluding carboxylic acids is 1. The predicted molar refractivity (Wildman–Crippen MR) is 110 cm³/mol. The molecule has 1 aliphatic carbocycles. The molecule has 4 atom stereocenters. The number of rotatable bonds is 5. The van der Waals surface area contributed by atoms with Crippen molar-refractivity contribution in [3.63, 3.8) is 0 Å².